The average Bonchev–Trinajstić information content (AvgIpc) is 3.55. The smallest absolute Gasteiger partial charge is 0.338 e. The SMILES string of the molecule is CCOC(=O)C1=C(C)N=c2sc(=Cc3ccc(-c4ccc([N+](=O)[O-])cc4Br)o3)c(=O)n2C1c1cc(OC)ccc1OC. The first-order valence-electron chi connectivity index (χ1n) is 12.6. The Bertz CT molecular complexity index is 1940. The number of hydrogen-bond donors (Lipinski definition) is 0. The lowest BCUT2D eigenvalue weighted by Gasteiger charge is -2.26. The van der Waals surface area contributed by atoms with E-state index in [-0.39, 0.29) is 17.9 Å². The van der Waals surface area contributed by atoms with Crippen LogP contribution in [0.2, 0.25) is 0 Å². The minimum atomic E-state index is -0.893. The van der Waals surface area contributed by atoms with E-state index >= 15 is 0 Å². The molecule has 0 saturated carbocycles. The zero-order valence-electron chi connectivity index (χ0n) is 22.9. The first kappa shape index (κ1) is 29.0. The van der Waals surface area contributed by atoms with Gasteiger partial charge in [0.2, 0.25) is 0 Å². The van der Waals surface area contributed by atoms with E-state index in [9.17, 15) is 19.7 Å². The van der Waals surface area contributed by atoms with Gasteiger partial charge < -0.3 is 18.6 Å². The fourth-order valence-electron chi connectivity index (χ4n) is 4.66. The van der Waals surface area contributed by atoms with E-state index in [4.69, 9.17) is 18.6 Å². The molecule has 13 heteroatoms. The third-order valence-corrected chi connectivity index (χ3v) is 8.22. The van der Waals surface area contributed by atoms with Gasteiger partial charge in [-0.3, -0.25) is 19.5 Å². The summed E-state index contributed by atoms with van der Waals surface area (Å²) in [5.74, 6) is 1.22. The molecule has 216 valence electrons. The summed E-state index contributed by atoms with van der Waals surface area (Å²) in [5, 5.41) is 11.1. The van der Waals surface area contributed by atoms with Crippen LogP contribution in [0.3, 0.4) is 0 Å². The number of benzene rings is 2. The lowest BCUT2D eigenvalue weighted by atomic mass is 9.95. The van der Waals surface area contributed by atoms with Crippen LogP contribution in [0.1, 0.15) is 31.2 Å². The number of hydrogen-bond acceptors (Lipinski definition) is 10. The molecule has 11 nitrogen and oxygen atoms in total. The summed E-state index contributed by atoms with van der Waals surface area (Å²) in [7, 11) is 3.03. The number of thiazole rings is 1. The van der Waals surface area contributed by atoms with Crippen molar-refractivity contribution in [3.05, 3.63) is 105 Å². The number of esters is 1. The molecular weight excluding hydrogens is 630 g/mol. The van der Waals surface area contributed by atoms with Crippen molar-refractivity contribution in [1.82, 2.24) is 4.57 Å². The Morgan fingerprint density at radius 1 is 1.19 bits per heavy atom. The molecule has 1 unspecified atom stereocenters. The molecule has 42 heavy (non-hydrogen) atoms. The van der Waals surface area contributed by atoms with Crippen LogP contribution >= 0.6 is 27.3 Å². The minimum Gasteiger partial charge on any atom is -0.497 e. The number of nitrogens with zero attached hydrogens (tertiary/aromatic N) is 3. The summed E-state index contributed by atoms with van der Waals surface area (Å²) < 4.78 is 24.7. The highest BCUT2D eigenvalue weighted by molar-refractivity contribution is 9.10. The molecule has 2 aromatic heterocycles. The lowest BCUT2D eigenvalue weighted by Crippen LogP contribution is -2.40. The maximum absolute atomic E-state index is 13.9. The van der Waals surface area contributed by atoms with E-state index in [1.165, 1.54) is 30.9 Å². The molecule has 0 amide bonds. The van der Waals surface area contributed by atoms with Crippen LogP contribution in [0, 0.1) is 10.1 Å². The van der Waals surface area contributed by atoms with Crippen molar-refractivity contribution >= 4 is 45.0 Å². The second-order valence-electron chi connectivity index (χ2n) is 9.03. The number of carbonyl (C=O) groups is 1. The minimum absolute atomic E-state index is 0.0572. The van der Waals surface area contributed by atoms with E-state index in [1.807, 2.05) is 0 Å². The van der Waals surface area contributed by atoms with E-state index in [1.54, 1.807) is 56.3 Å². The molecule has 1 aliphatic heterocycles. The number of carbonyl (C=O) groups excluding carboxylic acids is 1. The predicted molar refractivity (Wildman–Crippen MR) is 158 cm³/mol. The van der Waals surface area contributed by atoms with Crippen LogP contribution in [0.25, 0.3) is 17.4 Å². The number of furan rings is 1. The standard InChI is InChI=1S/C29H24BrN3O8S/c1-5-40-28(35)25-15(2)31-29-32(26(25)20-13-17(38-3)7-10-22(20)39-4)27(34)24(42-29)14-18-8-11-23(41-18)19-9-6-16(33(36)37)12-21(19)30/h6-14,26H,5H2,1-4H3. The predicted octanol–water partition coefficient (Wildman–Crippen LogP) is 4.75. The molecule has 5 rings (SSSR count). The van der Waals surface area contributed by atoms with Crippen LogP contribution in [-0.4, -0.2) is 36.3 Å². The highest BCUT2D eigenvalue weighted by atomic mass is 79.9. The van der Waals surface area contributed by atoms with Gasteiger partial charge in [-0.2, -0.15) is 0 Å². The lowest BCUT2D eigenvalue weighted by molar-refractivity contribution is -0.384. The number of methoxy groups -OCH3 is 2. The van der Waals surface area contributed by atoms with Gasteiger partial charge in [0.25, 0.3) is 11.2 Å². The Morgan fingerprint density at radius 3 is 2.64 bits per heavy atom. The number of aromatic nitrogens is 1. The number of non-ortho nitro benzene ring substituents is 1. The number of allylic oxidation sites excluding steroid dienone is 1. The number of fused-ring (bicyclic) bond motifs is 1. The van der Waals surface area contributed by atoms with E-state index in [2.05, 4.69) is 20.9 Å². The fraction of sp³-hybridized carbons (Fsp3) is 0.207. The average molecular weight is 654 g/mol. The largest absolute Gasteiger partial charge is 0.497 e. The quantitative estimate of drug-likeness (QED) is 0.151. The van der Waals surface area contributed by atoms with E-state index in [0.29, 0.717) is 53.6 Å². The third-order valence-electron chi connectivity index (χ3n) is 6.58. The van der Waals surface area contributed by atoms with Gasteiger partial charge in [0, 0.05) is 33.8 Å². The molecular formula is C29H24BrN3O8S. The Morgan fingerprint density at radius 2 is 1.98 bits per heavy atom. The van der Waals surface area contributed by atoms with Gasteiger partial charge in [-0.15, -0.1) is 0 Å². The van der Waals surface area contributed by atoms with E-state index < -0.39 is 22.5 Å². The molecule has 2 aromatic carbocycles. The molecule has 0 radical (unpaired) electrons. The van der Waals surface area contributed by atoms with Gasteiger partial charge in [-0.1, -0.05) is 11.3 Å². The van der Waals surface area contributed by atoms with Crippen molar-refractivity contribution in [2.75, 3.05) is 20.8 Å². The number of nitro groups is 1. The van der Waals surface area contributed by atoms with Crippen LogP contribution in [0.15, 0.2) is 78.5 Å². The van der Waals surface area contributed by atoms with Gasteiger partial charge in [0.1, 0.15) is 29.1 Å². The van der Waals surface area contributed by atoms with Crippen molar-refractivity contribution in [3.63, 3.8) is 0 Å². The number of ether oxygens (including phenoxy) is 3. The second kappa shape index (κ2) is 11.8. The molecule has 4 aromatic rings. The van der Waals surface area contributed by atoms with Crippen molar-refractivity contribution in [2.24, 2.45) is 4.99 Å². The number of rotatable bonds is 8. The molecule has 1 aliphatic rings. The topological polar surface area (TPSA) is 135 Å². The zero-order valence-corrected chi connectivity index (χ0v) is 25.3. The Balaban J connectivity index is 1.65. The monoisotopic (exact) mass is 653 g/mol. The summed E-state index contributed by atoms with van der Waals surface area (Å²) in [6.07, 6.45) is 1.59. The van der Waals surface area contributed by atoms with Gasteiger partial charge in [-0.05, 0) is 66.2 Å². The molecule has 0 fully saturated rings. The molecule has 0 bridgehead atoms. The molecule has 0 aliphatic carbocycles. The van der Waals surface area contributed by atoms with Crippen LogP contribution in [0.5, 0.6) is 11.5 Å². The normalized spacial score (nSPS) is 14.8. The first-order chi connectivity index (χ1) is 20.2. The van der Waals surface area contributed by atoms with Gasteiger partial charge >= 0.3 is 5.97 Å². The second-order valence-corrected chi connectivity index (χ2v) is 10.9. The van der Waals surface area contributed by atoms with Crippen molar-refractivity contribution in [2.45, 2.75) is 19.9 Å². The maximum Gasteiger partial charge on any atom is 0.338 e. The molecule has 0 spiro atoms. The number of nitro benzene ring substituents is 1. The van der Waals surface area contributed by atoms with Crippen LogP contribution < -0.4 is 24.4 Å². The van der Waals surface area contributed by atoms with E-state index in [0.717, 1.165) is 11.3 Å². The zero-order chi connectivity index (χ0) is 30.1. The summed E-state index contributed by atoms with van der Waals surface area (Å²) in [6, 6.07) is 12.0. The van der Waals surface area contributed by atoms with Crippen LogP contribution in [-0.2, 0) is 9.53 Å². The fourth-order valence-corrected chi connectivity index (χ4v) is 6.25. The highest BCUT2D eigenvalue weighted by Gasteiger charge is 2.35. The van der Waals surface area contributed by atoms with Crippen molar-refractivity contribution in [1.29, 1.82) is 0 Å². The Hall–Kier alpha value is -4.49. The molecule has 3 heterocycles. The summed E-state index contributed by atoms with van der Waals surface area (Å²) >= 11 is 4.51. The molecule has 0 saturated heterocycles. The van der Waals surface area contributed by atoms with Gasteiger partial charge in [0.05, 0.1) is 41.6 Å². The maximum atomic E-state index is 13.9. The van der Waals surface area contributed by atoms with Gasteiger partial charge in [0.15, 0.2) is 4.80 Å². The van der Waals surface area contributed by atoms with Crippen LogP contribution in [0.4, 0.5) is 5.69 Å². The first-order valence-corrected chi connectivity index (χ1v) is 14.2. The summed E-state index contributed by atoms with van der Waals surface area (Å²) in [5.41, 5.74) is 1.33. The highest BCUT2D eigenvalue weighted by Crippen LogP contribution is 2.38. The van der Waals surface area contributed by atoms with Crippen molar-refractivity contribution < 1.29 is 28.3 Å². The third kappa shape index (κ3) is 5.28. The number of halogens is 1. The van der Waals surface area contributed by atoms with Crippen molar-refractivity contribution in [3.8, 4) is 22.8 Å². The Labute approximate surface area is 251 Å². The summed E-state index contributed by atoms with van der Waals surface area (Å²) in [4.78, 5) is 42.7. The molecule has 0 N–H and O–H groups in total. The Kier molecular flexibility index (Phi) is 8.14. The summed E-state index contributed by atoms with van der Waals surface area (Å²) in [6.45, 7) is 3.55. The van der Waals surface area contributed by atoms with Gasteiger partial charge in [-0.25, -0.2) is 9.79 Å². The molecule has 1 atom stereocenters.